The number of rotatable bonds is 9. The van der Waals surface area contributed by atoms with E-state index in [-0.39, 0.29) is 30.9 Å². The van der Waals surface area contributed by atoms with Crippen LogP contribution in [0.15, 0.2) is 84.0 Å². The van der Waals surface area contributed by atoms with E-state index < -0.39 is 6.04 Å². The van der Waals surface area contributed by atoms with Crippen molar-refractivity contribution in [2.45, 2.75) is 38.5 Å². The lowest BCUT2D eigenvalue weighted by atomic mass is 10.0. The SMILES string of the molecule is Cc1ccc([C@@H](C(=O)Nc2ccc3c(c2)OCO3)N(Cc2ccccc2)C(=O)CSc2nc(C)cc(C)n2)cc1. The van der Waals surface area contributed by atoms with Gasteiger partial charge in [-0.3, -0.25) is 9.59 Å². The minimum atomic E-state index is -0.889. The molecule has 8 nitrogen and oxygen atoms in total. The summed E-state index contributed by atoms with van der Waals surface area (Å²) in [7, 11) is 0. The number of aryl methyl sites for hydroxylation is 3. The largest absolute Gasteiger partial charge is 0.454 e. The van der Waals surface area contributed by atoms with Gasteiger partial charge in [-0.25, -0.2) is 9.97 Å². The Kier molecular flexibility index (Phi) is 8.31. The highest BCUT2D eigenvalue weighted by Gasteiger charge is 2.32. The number of aromatic nitrogens is 2. The van der Waals surface area contributed by atoms with Crippen LogP contribution in [0.25, 0.3) is 0 Å². The number of hydrogen-bond donors (Lipinski definition) is 1. The predicted molar refractivity (Wildman–Crippen MR) is 154 cm³/mol. The Morgan fingerprint density at radius 3 is 2.33 bits per heavy atom. The average Bonchev–Trinajstić information content (AvgIpc) is 3.40. The van der Waals surface area contributed by atoms with Crippen molar-refractivity contribution in [1.29, 1.82) is 0 Å². The number of amides is 2. The number of nitrogens with one attached hydrogen (secondary N) is 1. The molecule has 204 valence electrons. The maximum absolute atomic E-state index is 14.0. The predicted octanol–water partition coefficient (Wildman–Crippen LogP) is 5.63. The zero-order valence-electron chi connectivity index (χ0n) is 22.6. The fraction of sp³-hybridized carbons (Fsp3) is 0.226. The fourth-order valence-electron chi connectivity index (χ4n) is 4.48. The van der Waals surface area contributed by atoms with Gasteiger partial charge in [-0.2, -0.15) is 0 Å². The molecule has 1 aromatic heterocycles. The van der Waals surface area contributed by atoms with Crippen molar-refractivity contribution in [2.75, 3.05) is 17.9 Å². The first-order valence-corrected chi connectivity index (χ1v) is 13.9. The lowest BCUT2D eigenvalue weighted by molar-refractivity contribution is -0.137. The summed E-state index contributed by atoms with van der Waals surface area (Å²) in [5.74, 6) is 0.726. The Labute approximate surface area is 237 Å². The van der Waals surface area contributed by atoms with Crippen LogP contribution in [-0.2, 0) is 16.1 Å². The molecular formula is C31H30N4O4S. The molecule has 0 unspecified atom stereocenters. The normalized spacial score (nSPS) is 12.6. The zero-order valence-corrected chi connectivity index (χ0v) is 23.4. The Morgan fingerprint density at radius 2 is 1.60 bits per heavy atom. The van der Waals surface area contributed by atoms with Gasteiger partial charge in [0.2, 0.25) is 12.7 Å². The maximum Gasteiger partial charge on any atom is 0.251 e. The van der Waals surface area contributed by atoms with Crippen LogP contribution in [0.5, 0.6) is 11.5 Å². The van der Waals surface area contributed by atoms with E-state index in [1.807, 2.05) is 81.4 Å². The summed E-state index contributed by atoms with van der Waals surface area (Å²) in [6.45, 7) is 6.17. The van der Waals surface area contributed by atoms with E-state index in [0.717, 1.165) is 22.5 Å². The highest BCUT2D eigenvalue weighted by atomic mass is 32.2. The van der Waals surface area contributed by atoms with Crippen molar-refractivity contribution >= 4 is 29.3 Å². The summed E-state index contributed by atoms with van der Waals surface area (Å²) in [4.78, 5) is 38.5. The van der Waals surface area contributed by atoms with Crippen LogP contribution in [0, 0.1) is 20.8 Å². The molecular weight excluding hydrogens is 524 g/mol. The van der Waals surface area contributed by atoms with E-state index in [1.165, 1.54) is 11.8 Å². The number of anilines is 1. The highest BCUT2D eigenvalue weighted by molar-refractivity contribution is 7.99. The zero-order chi connectivity index (χ0) is 28.1. The molecule has 40 heavy (non-hydrogen) atoms. The molecule has 1 N–H and O–H groups in total. The molecule has 2 heterocycles. The molecule has 0 aliphatic carbocycles. The third-order valence-corrected chi connectivity index (χ3v) is 7.23. The van der Waals surface area contributed by atoms with Gasteiger partial charge in [-0.1, -0.05) is 71.9 Å². The summed E-state index contributed by atoms with van der Waals surface area (Å²) in [5.41, 5.74) is 4.91. The van der Waals surface area contributed by atoms with E-state index in [1.54, 1.807) is 23.1 Å². The molecule has 0 saturated heterocycles. The number of fused-ring (bicyclic) bond motifs is 1. The molecule has 0 bridgehead atoms. The Hall–Kier alpha value is -4.37. The third kappa shape index (κ3) is 6.60. The smallest absolute Gasteiger partial charge is 0.251 e. The van der Waals surface area contributed by atoms with Crippen LogP contribution in [0.3, 0.4) is 0 Å². The van der Waals surface area contributed by atoms with Crippen molar-refractivity contribution in [3.8, 4) is 11.5 Å². The number of hydrogen-bond acceptors (Lipinski definition) is 7. The molecule has 9 heteroatoms. The quantitative estimate of drug-likeness (QED) is 0.212. The number of carbonyl (C=O) groups excluding carboxylic acids is 2. The van der Waals surface area contributed by atoms with Crippen molar-refractivity contribution < 1.29 is 19.1 Å². The molecule has 0 saturated carbocycles. The van der Waals surface area contributed by atoms with Crippen LogP contribution in [0.2, 0.25) is 0 Å². The first kappa shape index (κ1) is 27.2. The second-order valence-corrected chi connectivity index (χ2v) is 10.5. The molecule has 4 aromatic rings. The van der Waals surface area contributed by atoms with Crippen LogP contribution in [0.4, 0.5) is 5.69 Å². The van der Waals surface area contributed by atoms with E-state index in [9.17, 15) is 9.59 Å². The number of nitrogens with zero attached hydrogens (tertiary/aromatic N) is 3. The van der Waals surface area contributed by atoms with E-state index in [0.29, 0.717) is 27.9 Å². The summed E-state index contributed by atoms with van der Waals surface area (Å²) < 4.78 is 10.9. The van der Waals surface area contributed by atoms with E-state index >= 15 is 0 Å². The van der Waals surface area contributed by atoms with Gasteiger partial charge in [0.25, 0.3) is 5.91 Å². The number of benzene rings is 3. The highest BCUT2D eigenvalue weighted by Crippen LogP contribution is 2.35. The second-order valence-electron chi connectivity index (χ2n) is 9.60. The molecule has 0 radical (unpaired) electrons. The molecule has 0 spiro atoms. The molecule has 3 aromatic carbocycles. The molecule has 5 rings (SSSR count). The Morgan fingerprint density at radius 1 is 0.900 bits per heavy atom. The standard InChI is InChI=1S/C31H30N4O4S/c1-20-9-11-24(12-10-20)29(30(37)34-25-13-14-26-27(16-25)39-19-38-26)35(17-23-7-5-4-6-8-23)28(36)18-40-31-32-21(2)15-22(3)33-31/h4-16,29H,17-19H2,1-3H3,(H,34,37)/t29-/m0/s1. The first-order chi connectivity index (χ1) is 19.4. The van der Waals surface area contributed by atoms with Crippen molar-refractivity contribution in [3.05, 3.63) is 107 Å². The average molecular weight is 555 g/mol. The summed E-state index contributed by atoms with van der Waals surface area (Å²) in [6.07, 6.45) is 0. The van der Waals surface area contributed by atoms with Crippen LogP contribution in [0.1, 0.15) is 34.1 Å². The summed E-state index contributed by atoms with van der Waals surface area (Å²) >= 11 is 1.26. The molecule has 1 aliphatic heterocycles. The minimum Gasteiger partial charge on any atom is -0.454 e. The molecule has 1 atom stereocenters. The van der Waals surface area contributed by atoms with Gasteiger partial charge < -0.3 is 19.7 Å². The lowest BCUT2D eigenvalue weighted by Gasteiger charge is -2.31. The van der Waals surface area contributed by atoms with Crippen LogP contribution < -0.4 is 14.8 Å². The van der Waals surface area contributed by atoms with E-state index in [4.69, 9.17) is 9.47 Å². The van der Waals surface area contributed by atoms with Gasteiger partial charge in [0, 0.05) is 29.7 Å². The van der Waals surface area contributed by atoms with Gasteiger partial charge in [-0.15, -0.1) is 0 Å². The second kappa shape index (κ2) is 12.2. The summed E-state index contributed by atoms with van der Waals surface area (Å²) in [6, 6.07) is 23.6. The monoisotopic (exact) mass is 554 g/mol. The van der Waals surface area contributed by atoms with Crippen molar-refractivity contribution in [3.63, 3.8) is 0 Å². The topological polar surface area (TPSA) is 93.7 Å². The van der Waals surface area contributed by atoms with Crippen molar-refractivity contribution in [2.24, 2.45) is 0 Å². The minimum absolute atomic E-state index is 0.0788. The van der Waals surface area contributed by atoms with Gasteiger partial charge in [0.1, 0.15) is 6.04 Å². The maximum atomic E-state index is 14.0. The van der Waals surface area contributed by atoms with Crippen LogP contribution in [-0.4, -0.2) is 39.2 Å². The van der Waals surface area contributed by atoms with Gasteiger partial charge in [0.05, 0.1) is 5.75 Å². The van der Waals surface area contributed by atoms with Gasteiger partial charge in [-0.05, 0) is 50.1 Å². The van der Waals surface area contributed by atoms with E-state index in [2.05, 4.69) is 15.3 Å². The third-order valence-electron chi connectivity index (χ3n) is 6.40. The van der Waals surface area contributed by atoms with Gasteiger partial charge >= 0.3 is 0 Å². The summed E-state index contributed by atoms with van der Waals surface area (Å²) in [5, 5.41) is 3.52. The Balaban J connectivity index is 1.47. The Bertz CT molecular complexity index is 1490. The number of ether oxygens (including phenoxy) is 2. The number of carbonyl (C=O) groups is 2. The fourth-order valence-corrected chi connectivity index (χ4v) is 5.31. The first-order valence-electron chi connectivity index (χ1n) is 12.9. The van der Waals surface area contributed by atoms with Crippen molar-refractivity contribution in [1.82, 2.24) is 14.9 Å². The van der Waals surface area contributed by atoms with Gasteiger partial charge in [0.15, 0.2) is 16.7 Å². The van der Waals surface area contributed by atoms with Crippen LogP contribution >= 0.6 is 11.8 Å². The number of thioether (sulfide) groups is 1. The lowest BCUT2D eigenvalue weighted by Crippen LogP contribution is -2.41. The molecule has 0 fully saturated rings. The molecule has 1 aliphatic rings. The molecule has 2 amide bonds.